The molecule has 164 valence electrons. The Bertz CT molecular complexity index is 1200. The summed E-state index contributed by atoms with van der Waals surface area (Å²) in [7, 11) is 1.63. The zero-order valence-corrected chi connectivity index (χ0v) is 18.0. The first-order chi connectivity index (χ1) is 15.7. The van der Waals surface area contributed by atoms with Gasteiger partial charge in [0.05, 0.1) is 12.7 Å². The lowest BCUT2D eigenvalue weighted by atomic mass is 10.1. The van der Waals surface area contributed by atoms with Crippen molar-refractivity contribution in [3.8, 4) is 39.9 Å². The molecule has 0 spiro atoms. The van der Waals surface area contributed by atoms with Crippen LogP contribution < -0.4 is 10.1 Å². The number of aromatic nitrogens is 3. The van der Waals surface area contributed by atoms with Gasteiger partial charge in [0.15, 0.2) is 0 Å². The minimum atomic E-state index is 0.351. The molecule has 0 aliphatic carbocycles. The van der Waals surface area contributed by atoms with Crippen molar-refractivity contribution in [3.63, 3.8) is 0 Å². The van der Waals surface area contributed by atoms with Gasteiger partial charge in [0, 0.05) is 36.6 Å². The van der Waals surface area contributed by atoms with Gasteiger partial charge in [0.2, 0.25) is 0 Å². The SMILES string of the molecule is COc1cc(NC2CCOCC2)ccc1-c1nnc(-c2c(-c3ccccc3)noc2C)o1. The normalized spacial score (nSPS) is 14.4. The van der Waals surface area contributed by atoms with E-state index in [4.69, 9.17) is 18.4 Å². The van der Waals surface area contributed by atoms with E-state index in [-0.39, 0.29) is 0 Å². The van der Waals surface area contributed by atoms with E-state index >= 15 is 0 Å². The molecule has 0 radical (unpaired) electrons. The van der Waals surface area contributed by atoms with E-state index in [9.17, 15) is 0 Å². The largest absolute Gasteiger partial charge is 0.496 e. The third kappa shape index (κ3) is 3.97. The molecular weight excluding hydrogens is 408 g/mol. The molecule has 1 aliphatic rings. The molecule has 1 N–H and O–H groups in total. The maximum atomic E-state index is 6.05. The number of anilines is 1. The van der Waals surface area contributed by atoms with Crippen molar-refractivity contribution in [3.05, 3.63) is 54.3 Å². The van der Waals surface area contributed by atoms with Gasteiger partial charge in [-0.05, 0) is 31.9 Å². The second-order valence-corrected chi connectivity index (χ2v) is 7.69. The van der Waals surface area contributed by atoms with Crippen LogP contribution in [0.1, 0.15) is 18.6 Å². The van der Waals surface area contributed by atoms with Crippen LogP contribution in [0.25, 0.3) is 34.2 Å². The lowest BCUT2D eigenvalue weighted by Crippen LogP contribution is -2.27. The maximum absolute atomic E-state index is 6.05. The monoisotopic (exact) mass is 432 g/mol. The molecule has 0 atom stereocenters. The highest BCUT2D eigenvalue weighted by Gasteiger charge is 2.23. The molecule has 2 aromatic carbocycles. The van der Waals surface area contributed by atoms with Gasteiger partial charge < -0.3 is 23.7 Å². The second-order valence-electron chi connectivity index (χ2n) is 7.69. The third-order valence-corrected chi connectivity index (χ3v) is 5.57. The van der Waals surface area contributed by atoms with E-state index in [2.05, 4.69) is 20.7 Å². The Balaban J connectivity index is 1.45. The summed E-state index contributed by atoms with van der Waals surface area (Å²) < 4.78 is 22.5. The molecule has 1 fully saturated rings. The first kappa shape index (κ1) is 20.3. The number of benzene rings is 2. The smallest absolute Gasteiger partial charge is 0.254 e. The van der Waals surface area contributed by atoms with Crippen LogP contribution in [0.15, 0.2) is 57.5 Å². The average molecular weight is 432 g/mol. The van der Waals surface area contributed by atoms with E-state index in [0.717, 1.165) is 42.9 Å². The highest BCUT2D eigenvalue weighted by atomic mass is 16.5. The van der Waals surface area contributed by atoms with Crippen molar-refractivity contribution >= 4 is 5.69 Å². The van der Waals surface area contributed by atoms with Gasteiger partial charge in [0.1, 0.15) is 22.8 Å². The molecule has 0 saturated carbocycles. The summed E-state index contributed by atoms with van der Waals surface area (Å²) in [5, 5.41) is 16.3. The summed E-state index contributed by atoms with van der Waals surface area (Å²) in [6.07, 6.45) is 1.97. The van der Waals surface area contributed by atoms with Gasteiger partial charge in [-0.15, -0.1) is 10.2 Å². The first-order valence-electron chi connectivity index (χ1n) is 10.6. The van der Waals surface area contributed by atoms with E-state index in [1.54, 1.807) is 7.11 Å². The van der Waals surface area contributed by atoms with Crippen LogP contribution >= 0.6 is 0 Å². The number of hydrogen-bond acceptors (Lipinski definition) is 8. The summed E-state index contributed by atoms with van der Waals surface area (Å²) in [5.41, 5.74) is 3.98. The Kier molecular flexibility index (Phi) is 5.60. The fraction of sp³-hybridized carbons (Fsp3) is 0.292. The van der Waals surface area contributed by atoms with E-state index in [1.165, 1.54) is 0 Å². The Morgan fingerprint density at radius 2 is 1.78 bits per heavy atom. The van der Waals surface area contributed by atoms with Gasteiger partial charge in [-0.25, -0.2) is 0 Å². The highest BCUT2D eigenvalue weighted by molar-refractivity contribution is 5.78. The molecule has 0 unspecified atom stereocenters. The standard InChI is InChI=1S/C24H24N4O4/c1-15-21(22(28-32-15)16-6-4-3-5-7-16)24-27-26-23(31-24)19-9-8-18(14-20(19)29-2)25-17-10-12-30-13-11-17/h3-9,14,17,25H,10-13H2,1-2H3. The van der Waals surface area contributed by atoms with E-state index < -0.39 is 0 Å². The number of ether oxygens (including phenoxy) is 2. The molecule has 8 nitrogen and oxygen atoms in total. The molecule has 5 rings (SSSR count). The quantitative estimate of drug-likeness (QED) is 0.456. The number of aryl methyl sites for hydroxylation is 1. The number of nitrogens with one attached hydrogen (secondary N) is 1. The molecule has 2 aromatic heterocycles. The summed E-state index contributed by atoms with van der Waals surface area (Å²) in [6.45, 7) is 3.39. The summed E-state index contributed by atoms with van der Waals surface area (Å²) in [4.78, 5) is 0. The summed E-state index contributed by atoms with van der Waals surface area (Å²) in [5.74, 6) is 1.99. The molecule has 1 saturated heterocycles. The van der Waals surface area contributed by atoms with Crippen molar-refractivity contribution in [1.82, 2.24) is 15.4 Å². The van der Waals surface area contributed by atoms with Crippen molar-refractivity contribution in [1.29, 1.82) is 0 Å². The van der Waals surface area contributed by atoms with Gasteiger partial charge in [-0.3, -0.25) is 0 Å². The number of hydrogen-bond donors (Lipinski definition) is 1. The van der Waals surface area contributed by atoms with Gasteiger partial charge in [0.25, 0.3) is 11.8 Å². The number of nitrogens with zero attached hydrogens (tertiary/aromatic N) is 3. The van der Waals surface area contributed by atoms with Crippen molar-refractivity contribution in [2.45, 2.75) is 25.8 Å². The van der Waals surface area contributed by atoms with Crippen molar-refractivity contribution in [2.75, 3.05) is 25.6 Å². The zero-order chi connectivity index (χ0) is 21.9. The Labute approximate surface area is 185 Å². The van der Waals surface area contributed by atoms with E-state index in [1.807, 2.05) is 55.5 Å². The van der Waals surface area contributed by atoms with Crippen LogP contribution in [0.4, 0.5) is 5.69 Å². The Morgan fingerprint density at radius 3 is 2.56 bits per heavy atom. The average Bonchev–Trinajstić information content (AvgIpc) is 3.47. The predicted octanol–water partition coefficient (Wildman–Crippen LogP) is 4.97. The molecule has 4 aromatic rings. The summed E-state index contributed by atoms with van der Waals surface area (Å²) in [6, 6.07) is 16.0. The first-order valence-corrected chi connectivity index (χ1v) is 10.6. The molecule has 1 aliphatic heterocycles. The van der Waals surface area contributed by atoms with Crippen molar-refractivity contribution < 1.29 is 18.4 Å². The molecule has 0 amide bonds. The van der Waals surface area contributed by atoms with Crippen LogP contribution in [0, 0.1) is 6.92 Å². The third-order valence-electron chi connectivity index (χ3n) is 5.57. The van der Waals surface area contributed by atoms with Crippen LogP contribution in [-0.2, 0) is 4.74 Å². The van der Waals surface area contributed by atoms with Gasteiger partial charge in [-0.1, -0.05) is 35.5 Å². The second kappa shape index (κ2) is 8.84. The highest BCUT2D eigenvalue weighted by Crippen LogP contribution is 2.37. The number of rotatable bonds is 6. The fourth-order valence-corrected chi connectivity index (χ4v) is 3.89. The van der Waals surface area contributed by atoms with Crippen LogP contribution in [0.2, 0.25) is 0 Å². The lowest BCUT2D eigenvalue weighted by molar-refractivity contribution is 0.0904. The minimum absolute atomic E-state index is 0.351. The maximum Gasteiger partial charge on any atom is 0.254 e. The molecular formula is C24H24N4O4. The van der Waals surface area contributed by atoms with Crippen LogP contribution in [-0.4, -0.2) is 41.7 Å². The minimum Gasteiger partial charge on any atom is -0.496 e. The Morgan fingerprint density at radius 1 is 1.00 bits per heavy atom. The topological polar surface area (TPSA) is 95.4 Å². The lowest BCUT2D eigenvalue weighted by Gasteiger charge is -2.24. The fourth-order valence-electron chi connectivity index (χ4n) is 3.89. The van der Waals surface area contributed by atoms with Crippen LogP contribution in [0.5, 0.6) is 5.75 Å². The van der Waals surface area contributed by atoms with Crippen molar-refractivity contribution in [2.24, 2.45) is 0 Å². The molecule has 8 heteroatoms. The molecule has 32 heavy (non-hydrogen) atoms. The number of methoxy groups -OCH3 is 1. The Hall–Kier alpha value is -3.65. The zero-order valence-electron chi connectivity index (χ0n) is 18.0. The predicted molar refractivity (Wildman–Crippen MR) is 119 cm³/mol. The van der Waals surface area contributed by atoms with Crippen LogP contribution in [0.3, 0.4) is 0 Å². The van der Waals surface area contributed by atoms with Gasteiger partial charge >= 0.3 is 0 Å². The van der Waals surface area contributed by atoms with E-state index in [0.29, 0.717) is 40.6 Å². The van der Waals surface area contributed by atoms with Gasteiger partial charge in [-0.2, -0.15) is 0 Å². The molecule has 3 heterocycles. The molecule has 0 bridgehead atoms. The summed E-state index contributed by atoms with van der Waals surface area (Å²) >= 11 is 0.